The topological polar surface area (TPSA) is 61.4 Å². The molecule has 182 valence electrons. The van der Waals surface area contributed by atoms with E-state index in [1.54, 1.807) is 24.0 Å². The molecule has 3 heterocycles. The third kappa shape index (κ3) is 4.87. The van der Waals surface area contributed by atoms with Crippen LogP contribution in [0.25, 0.3) is 0 Å². The lowest BCUT2D eigenvalue weighted by Gasteiger charge is -2.35. The molecule has 1 saturated carbocycles. The standard InChI is InChI=1S/C24H27BrF3N5O/c1-15-12-20(33-10-6-24(27,28)7-11-33)30-22(29-15)31-21(34)16-13-18(26)17(25)14-19(16)32-8-4-23(2-3-23)5-9-32/h12-14H,2-11H2,1H3,(H,29,30,31,34). The Balaban J connectivity index is 1.37. The van der Waals surface area contributed by atoms with E-state index in [0.29, 0.717) is 27.1 Å². The highest BCUT2D eigenvalue weighted by molar-refractivity contribution is 9.10. The Morgan fingerprint density at radius 1 is 0.971 bits per heavy atom. The predicted molar refractivity (Wildman–Crippen MR) is 128 cm³/mol. The molecule has 0 bridgehead atoms. The molecule has 2 saturated heterocycles. The van der Waals surface area contributed by atoms with Crippen LogP contribution < -0.4 is 15.1 Å². The second-order valence-corrected chi connectivity index (χ2v) is 10.6. The summed E-state index contributed by atoms with van der Waals surface area (Å²) in [6.45, 7) is 3.75. The van der Waals surface area contributed by atoms with Crippen LogP contribution in [0.15, 0.2) is 22.7 Å². The number of aryl methyl sites for hydroxylation is 1. The molecule has 1 aliphatic carbocycles. The van der Waals surface area contributed by atoms with Crippen molar-refractivity contribution in [1.82, 2.24) is 9.97 Å². The third-order valence-electron chi connectivity index (χ3n) is 7.29. The number of piperidine rings is 2. The molecule has 1 N–H and O–H groups in total. The van der Waals surface area contributed by atoms with Crippen LogP contribution in [-0.4, -0.2) is 48.0 Å². The number of halogens is 4. The van der Waals surface area contributed by atoms with Crippen LogP contribution in [0, 0.1) is 18.2 Å². The lowest BCUT2D eigenvalue weighted by atomic mass is 9.93. The Hall–Kier alpha value is -2.36. The van der Waals surface area contributed by atoms with Crippen LogP contribution in [0.2, 0.25) is 0 Å². The molecule has 3 aliphatic rings. The second kappa shape index (κ2) is 8.70. The van der Waals surface area contributed by atoms with E-state index in [1.807, 2.05) is 0 Å². The fourth-order valence-corrected chi connectivity index (χ4v) is 5.21. The number of hydrogen-bond donors (Lipinski definition) is 1. The third-order valence-corrected chi connectivity index (χ3v) is 7.90. The van der Waals surface area contributed by atoms with Crippen molar-refractivity contribution in [2.75, 3.05) is 41.3 Å². The first kappa shape index (κ1) is 23.4. The molecule has 5 rings (SSSR count). The number of anilines is 3. The summed E-state index contributed by atoms with van der Waals surface area (Å²) in [6.07, 6.45) is 4.20. The van der Waals surface area contributed by atoms with Crippen molar-refractivity contribution in [2.24, 2.45) is 5.41 Å². The van der Waals surface area contributed by atoms with E-state index in [1.165, 1.54) is 18.9 Å². The van der Waals surface area contributed by atoms with Gasteiger partial charge in [0.05, 0.1) is 15.7 Å². The fourth-order valence-electron chi connectivity index (χ4n) is 4.88. The summed E-state index contributed by atoms with van der Waals surface area (Å²) in [5, 5.41) is 2.70. The van der Waals surface area contributed by atoms with Crippen molar-refractivity contribution in [2.45, 2.75) is 51.4 Å². The molecule has 1 aromatic heterocycles. The average Bonchev–Trinajstić information content (AvgIpc) is 3.54. The molecule has 2 aromatic rings. The molecule has 3 fully saturated rings. The second-order valence-electron chi connectivity index (χ2n) is 9.76. The molecule has 0 atom stereocenters. The Morgan fingerprint density at radius 3 is 2.26 bits per heavy atom. The first-order valence-electron chi connectivity index (χ1n) is 11.7. The van der Waals surface area contributed by atoms with Gasteiger partial charge in [0.2, 0.25) is 5.95 Å². The zero-order valence-electron chi connectivity index (χ0n) is 19.0. The van der Waals surface area contributed by atoms with E-state index in [4.69, 9.17) is 0 Å². The fraction of sp³-hybridized carbons (Fsp3) is 0.542. The monoisotopic (exact) mass is 537 g/mol. The summed E-state index contributed by atoms with van der Waals surface area (Å²) in [7, 11) is 0. The zero-order chi connectivity index (χ0) is 24.1. The van der Waals surface area contributed by atoms with Gasteiger partial charge in [-0.05, 0) is 66.1 Å². The van der Waals surface area contributed by atoms with E-state index in [9.17, 15) is 18.0 Å². The maximum atomic E-state index is 14.4. The molecule has 6 nitrogen and oxygen atoms in total. The number of amides is 1. The Morgan fingerprint density at radius 2 is 1.62 bits per heavy atom. The lowest BCUT2D eigenvalue weighted by Crippen LogP contribution is -2.40. The normalized spacial score (nSPS) is 21.0. The maximum Gasteiger partial charge on any atom is 0.260 e. The lowest BCUT2D eigenvalue weighted by molar-refractivity contribution is -0.0221. The molecular formula is C24H27BrF3N5O. The van der Waals surface area contributed by atoms with E-state index in [2.05, 4.69) is 36.1 Å². The Labute approximate surface area is 205 Å². The molecule has 10 heteroatoms. The van der Waals surface area contributed by atoms with Crippen LogP contribution >= 0.6 is 15.9 Å². The average molecular weight is 538 g/mol. The minimum Gasteiger partial charge on any atom is -0.371 e. The number of carbonyl (C=O) groups excluding carboxylic acids is 1. The predicted octanol–water partition coefficient (Wildman–Crippen LogP) is 5.55. The van der Waals surface area contributed by atoms with Crippen LogP contribution in [0.1, 0.15) is 54.6 Å². The SMILES string of the molecule is Cc1cc(N2CCC(F)(F)CC2)nc(NC(=O)c2cc(F)c(Br)cc2N2CCC3(CC2)CC3)n1. The summed E-state index contributed by atoms with van der Waals surface area (Å²) in [4.78, 5) is 25.9. The summed E-state index contributed by atoms with van der Waals surface area (Å²) < 4.78 is 41.9. The quantitative estimate of drug-likeness (QED) is 0.553. The highest BCUT2D eigenvalue weighted by Gasteiger charge is 2.44. The van der Waals surface area contributed by atoms with E-state index < -0.39 is 17.6 Å². The van der Waals surface area contributed by atoms with Crippen molar-refractivity contribution in [1.29, 1.82) is 0 Å². The molecule has 34 heavy (non-hydrogen) atoms. The van der Waals surface area contributed by atoms with Crippen LogP contribution in [0.4, 0.5) is 30.6 Å². The van der Waals surface area contributed by atoms with Gasteiger partial charge >= 0.3 is 0 Å². The van der Waals surface area contributed by atoms with Gasteiger partial charge in [-0.3, -0.25) is 10.1 Å². The molecule has 0 unspecified atom stereocenters. The van der Waals surface area contributed by atoms with Gasteiger partial charge < -0.3 is 9.80 Å². The largest absolute Gasteiger partial charge is 0.371 e. The van der Waals surface area contributed by atoms with Crippen molar-refractivity contribution in [3.8, 4) is 0 Å². The number of benzene rings is 1. The number of carbonyl (C=O) groups is 1. The molecule has 0 radical (unpaired) electrons. The van der Waals surface area contributed by atoms with Gasteiger partial charge in [-0.25, -0.2) is 18.2 Å². The zero-order valence-corrected chi connectivity index (χ0v) is 20.6. The highest BCUT2D eigenvalue weighted by atomic mass is 79.9. The van der Waals surface area contributed by atoms with E-state index >= 15 is 0 Å². The number of alkyl halides is 2. The first-order chi connectivity index (χ1) is 16.1. The van der Waals surface area contributed by atoms with Crippen LogP contribution in [0.5, 0.6) is 0 Å². The van der Waals surface area contributed by atoms with Crippen molar-refractivity contribution < 1.29 is 18.0 Å². The van der Waals surface area contributed by atoms with Crippen molar-refractivity contribution in [3.05, 3.63) is 39.7 Å². The first-order valence-corrected chi connectivity index (χ1v) is 12.5. The highest BCUT2D eigenvalue weighted by Crippen LogP contribution is 2.54. The van der Waals surface area contributed by atoms with Crippen LogP contribution in [-0.2, 0) is 0 Å². The summed E-state index contributed by atoms with van der Waals surface area (Å²) >= 11 is 3.25. The van der Waals surface area contributed by atoms with Crippen LogP contribution in [0.3, 0.4) is 0 Å². The number of nitrogens with zero attached hydrogens (tertiary/aromatic N) is 4. The molecule has 2 aliphatic heterocycles. The van der Waals surface area contributed by atoms with Gasteiger partial charge in [-0.2, -0.15) is 4.98 Å². The number of nitrogens with one attached hydrogen (secondary N) is 1. The van der Waals surface area contributed by atoms with E-state index in [0.717, 1.165) is 25.9 Å². The number of hydrogen-bond acceptors (Lipinski definition) is 5. The van der Waals surface area contributed by atoms with E-state index in [-0.39, 0.29) is 37.4 Å². The summed E-state index contributed by atoms with van der Waals surface area (Å²) in [6, 6.07) is 4.61. The van der Waals surface area contributed by atoms with Gasteiger partial charge in [-0.15, -0.1) is 0 Å². The van der Waals surface area contributed by atoms with Crippen molar-refractivity contribution in [3.63, 3.8) is 0 Å². The Kier molecular flexibility index (Phi) is 5.98. The van der Waals surface area contributed by atoms with Gasteiger partial charge in [0, 0.05) is 50.8 Å². The number of rotatable bonds is 4. The van der Waals surface area contributed by atoms with Gasteiger partial charge in [-0.1, -0.05) is 0 Å². The van der Waals surface area contributed by atoms with Crippen molar-refractivity contribution >= 4 is 39.3 Å². The summed E-state index contributed by atoms with van der Waals surface area (Å²) in [5.41, 5.74) is 1.97. The number of aromatic nitrogens is 2. The van der Waals surface area contributed by atoms with Gasteiger partial charge in [0.15, 0.2) is 0 Å². The minimum atomic E-state index is -2.66. The maximum absolute atomic E-state index is 14.4. The molecule has 1 spiro atoms. The molecule has 1 amide bonds. The minimum absolute atomic E-state index is 0.0715. The molecular weight excluding hydrogens is 511 g/mol. The van der Waals surface area contributed by atoms with Gasteiger partial charge in [0.1, 0.15) is 11.6 Å². The Bertz CT molecular complexity index is 1100. The molecule has 1 aromatic carbocycles. The smallest absolute Gasteiger partial charge is 0.260 e. The summed E-state index contributed by atoms with van der Waals surface area (Å²) in [5.74, 6) is -3.13. The van der Waals surface area contributed by atoms with Gasteiger partial charge in [0.25, 0.3) is 11.8 Å².